The second-order valence-electron chi connectivity index (χ2n) is 4.39. The van der Waals surface area contributed by atoms with Crippen LogP contribution in [0.1, 0.15) is 12.8 Å². The highest BCUT2D eigenvalue weighted by atomic mass is 32.2. The van der Waals surface area contributed by atoms with Gasteiger partial charge in [0.15, 0.2) is 5.00 Å². The maximum atomic E-state index is 12.2. The Bertz CT molecular complexity index is 669. The quantitative estimate of drug-likeness (QED) is 0.523. The number of hydrogen-bond acceptors (Lipinski definition) is 7. The number of anilines is 1. The normalized spacial score (nSPS) is 19.1. The van der Waals surface area contributed by atoms with Crippen LogP contribution in [0.15, 0.2) is 10.3 Å². The fourth-order valence-corrected chi connectivity index (χ4v) is 4.46. The fourth-order valence-electron chi connectivity index (χ4n) is 1.94. The van der Waals surface area contributed by atoms with E-state index in [9.17, 15) is 23.3 Å². The van der Waals surface area contributed by atoms with Gasteiger partial charge in [-0.05, 0) is 12.8 Å². The van der Waals surface area contributed by atoms with Gasteiger partial charge in [0.2, 0.25) is 5.91 Å². The smallest absolute Gasteiger partial charge is 0.304 e. The van der Waals surface area contributed by atoms with Gasteiger partial charge in [0.1, 0.15) is 10.3 Å². The van der Waals surface area contributed by atoms with Crippen molar-refractivity contribution in [3.05, 3.63) is 16.2 Å². The molecular formula is C10H14N4O5S2. The van der Waals surface area contributed by atoms with Crippen LogP contribution in [-0.2, 0) is 14.8 Å². The van der Waals surface area contributed by atoms with E-state index >= 15 is 0 Å². The summed E-state index contributed by atoms with van der Waals surface area (Å²) in [5, 5.41) is 16.2. The van der Waals surface area contributed by atoms with Gasteiger partial charge in [-0.2, -0.15) is 4.72 Å². The van der Waals surface area contributed by atoms with E-state index in [1.54, 1.807) is 0 Å². The average molecular weight is 334 g/mol. The number of carbonyl (C=O) groups is 1. The van der Waals surface area contributed by atoms with Crippen LogP contribution >= 0.6 is 11.3 Å². The molecule has 2 rings (SSSR count). The lowest BCUT2D eigenvalue weighted by atomic mass is 10.1. The van der Waals surface area contributed by atoms with Crippen molar-refractivity contribution < 1.29 is 18.1 Å². The van der Waals surface area contributed by atoms with Crippen LogP contribution in [-0.4, -0.2) is 38.9 Å². The lowest BCUT2D eigenvalue weighted by molar-refractivity contribution is -0.383. The van der Waals surface area contributed by atoms with Gasteiger partial charge in [0.25, 0.3) is 10.0 Å². The van der Waals surface area contributed by atoms with E-state index in [0.29, 0.717) is 19.4 Å². The summed E-state index contributed by atoms with van der Waals surface area (Å²) >= 11 is 0.750. The van der Waals surface area contributed by atoms with Gasteiger partial charge in [-0.3, -0.25) is 14.9 Å². The van der Waals surface area contributed by atoms with Crippen molar-refractivity contribution in [1.82, 2.24) is 10.0 Å². The van der Waals surface area contributed by atoms with Gasteiger partial charge < -0.3 is 10.6 Å². The third-order valence-corrected chi connectivity index (χ3v) is 6.05. The second-order valence-corrected chi connectivity index (χ2v) is 7.39. The Morgan fingerprint density at radius 2 is 2.24 bits per heavy atom. The molecule has 0 bridgehead atoms. The molecule has 0 spiro atoms. The number of piperidine rings is 1. The molecule has 3 N–H and O–H groups in total. The molecular weight excluding hydrogens is 320 g/mol. The summed E-state index contributed by atoms with van der Waals surface area (Å²) in [5.74, 6) is -0.385. The van der Waals surface area contributed by atoms with Crippen molar-refractivity contribution in [1.29, 1.82) is 0 Å². The van der Waals surface area contributed by atoms with Gasteiger partial charge in [0.05, 0.1) is 4.92 Å². The third kappa shape index (κ3) is 3.31. The molecule has 1 aliphatic rings. The summed E-state index contributed by atoms with van der Waals surface area (Å²) in [6, 6.07) is 0.141. The number of nitro groups is 1. The Labute approximate surface area is 124 Å². The van der Waals surface area contributed by atoms with Crippen LogP contribution in [0.2, 0.25) is 0 Å². The third-order valence-electron chi connectivity index (χ3n) is 2.96. The average Bonchev–Trinajstić information content (AvgIpc) is 2.86. The second kappa shape index (κ2) is 5.95. The first-order chi connectivity index (χ1) is 9.85. The summed E-state index contributed by atoms with van der Waals surface area (Å²) in [6.07, 6.45) is 1.07. The van der Waals surface area contributed by atoms with Crippen LogP contribution in [0.3, 0.4) is 0 Å². The molecule has 0 aromatic carbocycles. The lowest BCUT2D eigenvalue weighted by Gasteiger charge is -2.22. The summed E-state index contributed by atoms with van der Waals surface area (Å²) in [6.45, 7) is 0.519. The van der Waals surface area contributed by atoms with Crippen molar-refractivity contribution in [2.24, 2.45) is 0 Å². The van der Waals surface area contributed by atoms with Crippen LogP contribution in [0.4, 0.5) is 10.7 Å². The first-order valence-electron chi connectivity index (χ1n) is 6.11. The van der Waals surface area contributed by atoms with E-state index in [4.69, 9.17) is 0 Å². The number of amides is 1. The molecule has 9 nitrogen and oxygen atoms in total. The van der Waals surface area contributed by atoms with Crippen LogP contribution < -0.4 is 15.4 Å². The predicted octanol–water partition coefficient (Wildman–Crippen LogP) is 0.255. The number of carbonyl (C=O) groups excluding carboxylic acids is 1. The van der Waals surface area contributed by atoms with Crippen LogP contribution in [0.5, 0.6) is 0 Å². The first kappa shape index (κ1) is 15.7. The van der Waals surface area contributed by atoms with E-state index in [-0.39, 0.29) is 20.8 Å². The maximum Gasteiger partial charge on any atom is 0.304 e. The number of nitrogens with zero attached hydrogens (tertiary/aromatic N) is 1. The fraction of sp³-hybridized carbons (Fsp3) is 0.500. The number of hydrogen-bond donors (Lipinski definition) is 3. The Balaban J connectivity index is 2.27. The Kier molecular flexibility index (Phi) is 4.44. The topological polar surface area (TPSA) is 130 Å². The molecule has 1 saturated heterocycles. The molecule has 11 heteroatoms. The summed E-state index contributed by atoms with van der Waals surface area (Å²) < 4.78 is 26.5. The predicted molar refractivity (Wildman–Crippen MR) is 76.9 cm³/mol. The van der Waals surface area contributed by atoms with Crippen LogP contribution in [0.25, 0.3) is 0 Å². The highest BCUT2D eigenvalue weighted by Crippen LogP contribution is 2.36. The molecule has 1 fully saturated rings. The number of nitrogens with one attached hydrogen (secondary N) is 3. The molecule has 2 heterocycles. The van der Waals surface area contributed by atoms with Crippen molar-refractivity contribution in [3.63, 3.8) is 0 Å². The van der Waals surface area contributed by atoms with Gasteiger partial charge in [0, 0.05) is 19.7 Å². The number of thiophene rings is 1. The minimum absolute atomic E-state index is 0.147. The van der Waals surface area contributed by atoms with Crippen molar-refractivity contribution >= 4 is 38.0 Å². The molecule has 1 atom stereocenters. The molecule has 0 radical (unpaired) electrons. The van der Waals surface area contributed by atoms with E-state index in [1.807, 2.05) is 0 Å². The van der Waals surface area contributed by atoms with Crippen molar-refractivity contribution in [2.45, 2.75) is 23.1 Å². The number of sulfonamides is 1. The van der Waals surface area contributed by atoms with E-state index in [1.165, 1.54) is 7.05 Å². The minimum atomic E-state index is -3.97. The Morgan fingerprint density at radius 1 is 1.52 bits per heavy atom. The highest BCUT2D eigenvalue weighted by molar-refractivity contribution is 7.91. The zero-order chi connectivity index (χ0) is 15.6. The van der Waals surface area contributed by atoms with Gasteiger partial charge in [-0.1, -0.05) is 11.3 Å². The molecule has 1 aliphatic heterocycles. The molecule has 0 saturated carbocycles. The zero-order valence-corrected chi connectivity index (χ0v) is 12.7. The largest absolute Gasteiger partial charge is 0.374 e. The summed E-state index contributed by atoms with van der Waals surface area (Å²) in [7, 11) is -2.51. The zero-order valence-electron chi connectivity index (χ0n) is 11.1. The van der Waals surface area contributed by atoms with Crippen molar-refractivity contribution in [2.75, 3.05) is 18.9 Å². The first-order valence-corrected chi connectivity index (χ1v) is 8.41. The van der Waals surface area contributed by atoms with E-state index in [0.717, 1.165) is 17.4 Å². The standard InChI is InChI=1S/C10H14N4O5S2/c1-11-10-7(14(16)17)5-8(20-10)21(18,19)13-6-3-2-4-12-9(6)15/h5-6,11,13H,2-4H2,1H3,(H,12,15). The molecule has 1 aromatic heterocycles. The SMILES string of the molecule is CNc1sc(S(=O)(=O)NC2CCCNC2=O)cc1[N+](=O)[O-]. The molecule has 21 heavy (non-hydrogen) atoms. The summed E-state index contributed by atoms with van der Waals surface area (Å²) in [5.41, 5.74) is -0.309. The molecule has 116 valence electrons. The van der Waals surface area contributed by atoms with E-state index < -0.39 is 21.0 Å². The summed E-state index contributed by atoms with van der Waals surface area (Å²) in [4.78, 5) is 21.8. The molecule has 1 aromatic rings. The highest BCUT2D eigenvalue weighted by Gasteiger charge is 2.31. The van der Waals surface area contributed by atoms with Crippen molar-refractivity contribution in [3.8, 4) is 0 Å². The van der Waals surface area contributed by atoms with Crippen LogP contribution in [0, 0.1) is 10.1 Å². The molecule has 1 amide bonds. The van der Waals surface area contributed by atoms with E-state index in [2.05, 4.69) is 15.4 Å². The monoisotopic (exact) mass is 334 g/mol. The lowest BCUT2D eigenvalue weighted by Crippen LogP contribution is -2.49. The minimum Gasteiger partial charge on any atom is -0.374 e. The molecule has 0 aliphatic carbocycles. The maximum absolute atomic E-state index is 12.2. The Hall–Kier alpha value is -1.72. The number of rotatable bonds is 5. The van der Waals surface area contributed by atoms with Gasteiger partial charge in [-0.25, -0.2) is 8.42 Å². The van der Waals surface area contributed by atoms with Gasteiger partial charge >= 0.3 is 5.69 Å². The van der Waals surface area contributed by atoms with Gasteiger partial charge in [-0.15, -0.1) is 0 Å². The Morgan fingerprint density at radius 3 is 2.76 bits per heavy atom. The molecule has 1 unspecified atom stereocenters.